The number of anilines is 1. The van der Waals surface area contributed by atoms with Gasteiger partial charge in [-0.25, -0.2) is 22.5 Å². The van der Waals surface area contributed by atoms with Gasteiger partial charge in [0, 0.05) is 38.3 Å². The molecule has 0 radical (unpaired) electrons. The van der Waals surface area contributed by atoms with E-state index in [1.54, 1.807) is 25.5 Å². The molecule has 0 bridgehead atoms. The smallest absolute Gasteiger partial charge is 0.319 e. The molecule has 0 aliphatic heterocycles. The summed E-state index contributed by atoms with van der Waals surface area (Å²) in [6.07, 6.45) is 2.02. The second-order valence-corrected chi connectivity index (χ2v) is 8.97. The number of urea groups is 1. The zero-order valence-electron chi connectivity index (χ0n) is 17.5. The average Bonchev–Trinajstić information content (AvgIpc) is 3.22. The van der Waals surface area contributed by atoms with Crippen LogP contribution in [0.25, 0.3) is 11.5 Å². The van der Waals surface area contributed by atoms with Crippen LogP contribution in [0.2, 0.25) is 0 Å². The van der Waals surface area contributed by atoms with Crippen LogP contribution >= 0.6 is 0 Å². The van der Waals surface area contributed by atoms with E-state index in [2.05, 4.69) is 15.6 Å². The highest BCUT2D eigenvalue weighted by Gasteiger charge is 2.17. The second kappa shape index (κ2) is 9.63. The van der Waals surface area contributed by atoms with Crippen molar-refractivity contribution in [2.75, 3.05) is 33.1 Å². The number of carbonyl (C=O) groups is 1. The van der Waals surface area contributed by atoms with Crippen LogP contribution in [0.1, 0.15) is 5.69 Å². The summed E-state index contributed by atoms with van der Waals surface area (Å²) < 4.78 is 36.2. The van der Waals surface area contributed by atoms with Gasteiger partial charge >= 0.3 is 6.03 Å². The summed E-state index contributed by atoms with van der Waals surface area (Å²) in [5, 5.41) is 5.35. The number of carbonyl (C=O) groups excluding carboxylic acids is 1. The van der Waals surface area contributed by atoms with Gasteiger partial charge in [-0.15, -0.1) is 0 Å². The largest absolute Gasteiger partial charge is 0.497 e. The molecule has 2 amide bonds. The van der Waals surface area contributed by atoms with Crippen LogP contribution in [0.5, 0.6) is 5.75 Å². The van der Waals surface area contributed by atoms with Crippen molar-refractivity contribution < 1.29 is 22.4 Å². The molecule has 9 nitrogen and oxygen atoms in total. The van der Waals surface area contributed by atoms with Crippen LogP contribution in [0.4, 0.5) is 10.5 Å². The number of nitrogens with zero attached hydrogens (tertiary/aromatic N) is 2. The molecule has 3 aromatic rings. The molecule has 2 N–H and O–H groups in total. The zero-order chi connectivity index (χ0) is 22.4. The Labute approximate surface area is 181 Å². The number of nitrogens with one attached hydrogen (secondary N) is 2. The normalized spacial score (nSPS) is 11.4. The maximum Gasteiger partial charge on any atom is 0.319 e. The molecule has 0 unspecified atom stereocenters. The third-order valence-electron chi connectivity index (χ3n) is 4.43. The van der Waals surface area contributed by atoms with Gasteiger partial charge in [0.15, 0.2) is 0 Å². The van der Waals surface area contributed by atoms with Crippen molar-refractivity contribution >= 4 is 21.7 Å². The van der Waals surface area contributed by atoms with E-state index in [4.69, 9.17) is 9.15 Å². The van der Waals surface area contributed by atoms with Crippen molar-refractivity contribution in [3.8, 4) is 17.2 Å². The number of aromatic nitrogens is 1. The average molecular weight is 445 g/mol. The number of hydrogen-bond donors (Lipinski definition) is 2. The highest BCUT2D eigenvalue weighted by molar-refractivity contribution is 7.89. The van der Waals surface area contributed by atoms with Gasteiger partial charge in [-0.2, -0.15) is 0 Å². The molecule has 0 fully saturated rings. The highest BCUT2D eigenvalue weighted by atomic mass is 32.2. The molecule has 0 saturated carbocycles. The molecule has 0 aliphatic carbocycles. The Bertz CT molecular complexity index is 1140. The van der Waals surface area contributed by atoms with Gasteiger partial charge in [0.2, 0.25) is 15.9 Å². The molecule has 0 spiro atoms. The number of hydrogen-bond acceptors (Lipinski definition) is 6. The molecule has 31 heavy (non-hydrogen) atoms. The van der Waals surface area contributed by atoms with Gasteiger partial charge in [-0.1, -0.05) is 6.07 Å². The second-order valence-electron chi connectivity index (χ2n) is 6.82. The minimum atomic E-state index is -3.58. The number of rotatable bonds is 8. The van der Waals surface area contributed by atoms with Crippen LogP contribution in [0, 0.1) is 0 Å². The maximum absolute atomic E-state index is 12.2. The molecule has 164 valence electrons. The summed E-state index contributed by atoms with van der Waals surface area (Å²) >= 11 is 0. The van der Waals surface area contributed by atoms with Crippen LogP contribution < -0.4 is 15.4 Å². The molecular weight excluding hydrogens is 420 g/mol. The lowest BCUT2D eigenvalue weighted by molar-refractivity contribution is 0.252. The fourth-order valence-corrected chi connectivity index (χ4v) is 3.66. The van der Waals surface area contributed by atoms with Crippen LogP contribution in [-0.4, -0.2) is 51.5 Å². The van der Waals surface area contributed by atoms with E-state index in [1.165, 1.54) is 26.2 Å². The van der Waals surface area contributed by atoms with Crippen LogP contribution in [0.15, 0.2) is 64.1 Å². The summed E-state index contributed by atoms with van der Waals surface area (Å²) in [6.45, 7) is 0.329. The first-order valence-electron chi connectivity index (χ1n) is 9.46. The Morgan fingerprint density at radius 2 is 1.90 bits per heavy atom. The van der Waals surface area contributed by atoms with Gasteiger partial charge in [0.1, 0.15) is 12.0 Å². The van der Waals surface area contributed by atoms with Gasteiger partial charge < -0.3 is 19.8 Å². The summed E-state index contributed by atoms with van der Waals surface area (Å²) in [5.74, 6) is 1.23. The summed E-state index contributed by atoms with van der Waals surface area (Å²) in [6, 6.07) is 13.0. The number of oxazole rings is 1. The van der Waals surface area contributed by atoms with E-state index < -0.39 is 16.1 Å². The Morgan fingerprint density at radius 3 is 2.58 bits per heavy atom. The minimum Gasteiger partial charge on any atom is -0.497 e. The number of benzene rings is 2. The van der Waals surface area contributed by atoms with E-state index in [0.717, 1.165) is 15.6 Å². The summed E-state index contributed by atoms with van der Waals surface area (Å²) in [5.41, 5.74) is 1.90. The lowest BCUT2D eigenvalue weighted by Gasteiger charge is -2.13. The van der Waals surface area contributed by atoms with E-state index in [1.807, 2.05) is 24.3 Å². The maximum atomic E-state index is 12.2. The first kappa shape index (κ1) is 22.3. The van der Waals surface area contributed by atoms with E-state index in [-0.39, 0.29) is 4.90 Å². The topological polar surface area (TPSA) is 114 Å². The monoisotopic (exact) mass is 444 g/mol. The van der Waals surface area contributed by atoms with Gasteiger partial charge in [0.05, 0.1) is 17.7 Å². The molecule has 0 atom stereocenters. The molecule has 0 saturated heterocycles. The number of sulfonamides is 1. The Balaban J connectivity index is 1.52. The van der Waals surface area contributed by atoms with Crippen LogP contribution in [-0.2, 0) is 16.4 Å². The first-order valence-corrected chi connectivity index (χ1v) is 10.9. The number of methoxy groups -OCH3 is 1. The first-order chi connectivity index (χ1) is 14.8. The van der Waals surface area contributed by atoms with Crippen molar-refractivity contribution in [1.82, 2.24) is 14.6 Å². The quantitative estimate of drug-likeness (QED) is 0.552. The van der Waals surface area contributed by atoms with Crippen LogP contribution in [0.3, 0.4) is 0 Å². The lowest BCUT2D eigenvalue weighted by atomic mass is 10.2. The Morgan fingerprint density at radius 1 is 1.16 bits per heavy atom. The molecular formula is C21H24N4O5S. The van der Waals surface area contributed by atoms with E-state index >= 15 is 0 Å². The summed E-state index contributed by atoms with van der Waals surface area (Å²) in [4.78, 5) is 16.7. The molecule has 1 aromatic heterocycles. The number of ether oxygens (including phenoxy) is 1. The molecule has 2 aromatic carbocycles. The third kappa shape index (κ3) is 5.62. The lowest BCUT2D eigenvalue weighted by Crippen LogP contribution is -2.30. The van der Waals surface area contributed by atoms with Crippen molar-refractivity contribution in [2.24, 2.45) is 0 Å². The fourth-order valence-electron chi connectivity index (χ4n) is 2.71. The molecule has 10 heteroatoms. The van der Waals surface area contributed by atoms with Gasteiger partial charge in [0.25, 0.3) is 0 Å². The SMILES string of the molecule is COc1ccc(-c2nc(CCNC(=O)Nc3cccc(S(=O)(=O)N(C)C)c3)co2)cc1. The standard InChI is InChI=1S/C21H24N4O5S/c1-25(2)31(27,28)19-6-4-5-16(13-19)24-21(26)22-12-11-17-14-30-20(23-17)15-7-9-18(29-3)10-8-15/h4-10,13-14H,11-12H2,1-3H3,(H2,22,24,26). The Kier molecular flexibility index (Phi) is 6.93. The van der Waals surface area contributed by atoms with Crippen molar-refractivity contribution in [2.45, 2.75) is 11.3 Å². The predicted molar refractivity (Wildman–Crippen MR) is 117 cm³/mol. The molecule has 3 rings (SSSR count). The van der Waals surface area contributed by atoms with Crippen molar-refractivity contribution in [1.29, 1.82) is 0 Å². The molecule has 0 aliphatic rings. The van der Waals surface area contributed by atoms with Gasteiger partial charge in [-0.3, -0.25) is 0 Å². The summed E-state index contributed by atoms with van der Waals surface area (Å²) in [7, 11) is 0.925. The molecule has 1 heterocycles. The van der Waals surface area contributed by atoms with Gasteiger partial charge in [-0.05, 0) is 42.5 Å². The van der Waals surface area contributed by atoms with Crippen molar-refractivity contribution in [3.63, 3.8) is 0 Å². The minimum absolute atomic E-state index is 0.101. The third-order valence-corrected chi connectivity index (χ3v) is 6.24. The number of amides is 2. The Hall–Kier alpha value is -3.37. The van der Waals surface area contributed by atoms with E-state index in [9.17, 15) is 13.2 Å². The highest BCUT2D eigenvalue weighted by Crippen LogP contribution is 2.22. The van der Waals surface area contributed by atoms with E-state index in [0.29, 0.717) is 30.2 Å². The van der Waals surface area contributed by atoms with Crippen molar-refractivity contribution in [3.05, 3.63) is 60.5 Å². The zero-order valence-corrected chi connectivity index (χ0v) is 18.3. The predicted octanol–water partition coefficient (Wildman–Crippen LogP) is 2.96. The fraction of sp³-hybridized carbons (Fsp3) is 0.238.